The van der Waals surface area contributed by atoms with E-state index >= 15 is 0 Å². The highest BCUT2D eigenvalue weighted by molar-refractivity contribution is 5.82. The summed E-state index contributed by atoms with van der Waals surface area (Å²) >= 11 is 0. The second-order valence-electron chi connectivity index (χ2n) is 7.51. The summed E-state index contributed by atoms with van der Waals surface area (Å²) in [7, 11) is 0. The molecule has 0 saturated heterocycles. The van der Waals surface area contributed by atoms with Crippen molar-refractivity contribution in [3.8, 4) is 0 Å². The molecule has 0 fully saturated rings. The van der Waals surface area contributed by atoms with Crippen LogP contribution in [0.2, 0.25) is 0 Å². The fourth-order valence-corrected chi connectivity index (χ4v) is 2.23. The molecule has 0 unspecified atom stereocenters. The summed E-state index contributed by atoms with van der Waals surface area (Å²) in [5.74, 6) is -0.643. The van der Waals surface area contributed by atoms with Gasteiger partial charge in [0.2, 0.25) is 0 Å². The van der Waals surface area contributed by atoms with E-state index in [0.29, 0.717) is 6.54 Å². The molecule has 1 rings (SSSR count). The maximum absolute atomic E-state index is 12.2. The van der Waals surface area contributed by atoms with Crippen LogP contribution in [0.25, 0.3) is 6.08 Å². The number of rotatable bonds is 9. The standard InChI is InChI=1S/C22H31NO4/c1-17(2)20(21(25)27-22(3,4)5)23-15-9-14-19(24)26-16-10-13-18-11-7-6-8-12-18/h6-14,17,20,23H,15-16H2,1-5H3/t20-/m1/s1. The van der Waals surface area contributed by atoms with Crippen molar-refractivity contribution in [1.29, 1.82) is 0 Å². The molecule has 0 heterocycles. The topological polar surface area (TPSA) is 64.6 Å². The molecule has 0 aliphatic carbocycles. The average molecular weight is 373 g/mol. The number of hydrogen-bond donors (Lipinski definition) is 1. The quantitative estimate of drug-likeness (QED) is 0.527. The van der Waals surface area contributed by atoms with Gasteiger partial charge >= 0.3 is 11.9 Å². The van der Waals surface area contributed by atoms with Gasteiger partial charge in [0.15, 0.2) is 0 Å². The zero-order valence-corrected chi connectivity index (χ0v) is 16.9. The van der Waals surface area contributed by atoms with Crippen LogP contribution < -0.4 is 5.32 Å². The SMILES string of the molecule is CC(C)[C@@H](NCC=CC(=O)OCC=Cc1ccccc1)C(=O)OC(C)(C)C. The lowest BCUT2D eigenvalue weighted by atomic mass is 10.0. The van der Waals surface area contributed by atoms with Crippen LogP contribution in [0.1, 0.15) is 40.2 Å². The first-order valence-electron chi connectivity index (χ1n) is 9.20. The number of carbonyl (C=O) groups excluding carboxylic acids is 2. The third-order valence-corrected chi connectivity index (χ3v) is 3.47. The fourth-order valence-electron chi connectivity index (χ4n) is 2.23. The summed E-state index contributed by atoms with van der Waals surface area (Å²) in [5.41, 5.74) is 0.522. The van der Waals surface area contributed by atoms with Gasteiger partial charge in [-0.15, -0.1) is 0 Å². The van der Waals surface area contributed by atoms with Gasteiger partial charge in [0.25, 0.3) is 0 Å². The summed E-state index contributed by atoms with van der Waals surface area (Å²) in [5, 5.41) is 3.10. The van der Waals surface area contributed by atoms with Crippen molar-refractivity contribution >= 4 is 18.0 Å². The van der Waals surface area contributed by atoms with Crippen LogP contribution >= 0.6 is 0 Å². The van der Waals surface area contributed by atoms with Crippen molar-refractivity contribution in [3.63, 3.8) is 0 Å². The Morgan fingerprint density at radius 2 is 1.78 bits per heavy atom. The van der Waals surface area contributed by atoms with Gasteiger partial charge in [0.05, 0.1) is 0 Å². The Labute approximate surface area is 162 Å². The second-order valence-corrected chi connectivity index (χ2v) is 7.51. The van der Waals surface area contributed by atoms with E-state index in [2.05, 4.69) is 5.32 Å². The monoisotopic (exact) mass is 373 g/mol. The summed E-state index contributed by atoms with van der Waals surface area (Å²) in [6.45, 7) is 9.98. The number of ether oxygens (including phenoxy) is 2. The maximum atomic E-state index is 12.2. The number of carbonyl (C=O) groups is 2. The number of hydrogen-bond acceptors (Lipinski definition) is 5. The van der Waals surface area contributed by atoms with Crippen LogP contribution in [0.15, 0.2) is 48.6 Å². The van der Waals surface area contributed by atoms with Gasteiger partial charge in [-0.25, -0.2) is 4.79 Å². The molecule has 148 valence electrons. The van der Waals surface area contributed by atoms with Crippen molar-refractivity contribution in [2.24, 2.45) is 5.92 Å². The highest BCUT2D eigenvalue weighted by Gasteiger charge is 2.26. The molecule has 5 heteroatoms. The van der Waals surface area contributed by atoms with E-state index in [0.717, 1.165) is 5.56 Å². The molecule has 1 atom stereocenters. The van der Waals surface area contributed by atoms with Gasteiger partial charge in [-0.3, -0.25) is 4.79 Å². The minimum atomic E-state index is -0.529. The Balaban J connectivity index is 2.35. The molecule has 1 N–H and O–H groups in total. The van der Waals surface area contributed by atoms with Gasteiger partial charge in [0.1, 0.15) is 18.2 Å². The highest BCUT2D eigenvalue weighted by Crippen LogP contribution is 2.12. The van der Waals surface area contributed by atoms with Gasteiger partial charge in [0, 0.05) is 12.6 Å². The van der Waals surface area contributed by atoms with Crippen molar-refractivity contribution < 1.29 is 19.1 Å². The largest absolute Gasteiger partial charge is 0.459 e. The molecule has 0 spiro atoms. The highest BCUT2D eigenvalue weighted by atomic mass is 16.6. The maximum Gasteiger partial charge on any atom is 0.330 e. The minimum Gasteiger partial charge on any atom is -0.459 e. The molecule has 0 amide bonds. The van der Waals surface area contributed by atoms with Gasteiger partial charge in [-0.1, -0.05) is 56.3 Å². The van der Waals surface area contributed by atoms with E-state index in [-0.39, 0.29) is 18.5 Å². The lowest BCUT2D eigenvalue weighted by Crippen LogP contribution is -2.44. The van der Waals surface area contributed by atoms with E-state index in [9.17, 15) is 9.59 Å². The zero-order chi connectivity index (χ0) is 20.3. The lowest BCUT2D eigenvalue weighted by molar-refractivity contribution is -0.158. The number of benzene rings is 1. The molecule has 27 heavy (non-hydrogen) atoms. The van der Waals surface area contributed by atoms with E-state index in [1.165, 1.54) is 6.08 Å². The first kappa shape index (κ1) is 22.6. The Morgan fingerprint density at radius 1 is 1.11 bits per heavy atom. The molecule has 0 aliphatic rings. The van der Waals surface area contributed by atoms with Crippen LogP contribution in [0.3, 0.4) is 0 Å². The lowest BCUT2D eigenvalue weighted by Gasteiger charge is -2.26. The fraction of sp³-hybridized carbons (Fsp3) is 0.455. The van der Waals surface area contributed by atoms with Gasteiger partial charge in [-0.2, -0.15) is 0 Å². The first-order chi connectivity index (χ1) is 12.7. The van der Waals surface area contributed by atoms with Crippen molar-refractivity contribution in [3.05, 3.63) is 54.1 Å². The molecule has 0 aromatic heterocycles. The third-order valence-electron chi connectivity index (χ3n) is 3.47. The molecule has 0 bridgehead atoms. The van der Waals surface area contributed by atoms with E-state index < -0.39 is 17.6 Å². The molecule has 1 aromatic carbocycles. The molecule has 0 aliphatic heterocycles. The molecule has 0 saturated carbocycles. The molecule has 1 aromatic rings. The minimum absolute atomic E-state index is 0.0725. The predicted octanol–water partition coefficient (Wildman–Crippen LogP) is 3.76. The van der Waals surface area contributed by atoms with Gasteiger partial charge < -0.3 is 14.8 Å². The van der Waals surface area contributed by atoms with E-state index in [1.807, 2.05) is 71.0 Å². The molecule has 0 radical (unpaired) electrons. The Morgan fingerprint density at radius 3 is 2.37 bits per heavy atom. The molecular weight excluding hydrogens is 342 g/mol. The Kier molecular flexibility index (Phi) is 9.51. The Hall–Kier alpha value is -2.40. The summed E-state index contributed by atoms with van der Waals surface area (Å²) in [6.07, 6.45) is 6.68. The van der Waals surface area contributed by atoms with Crippen molar-refractivity contribution in [2.75, 3.05) is 13.2 Å². The summed E-state index contributed by atoms with van der Waals surface area (Å²) < 4.78 is 10.5. The second kappa shape index (κ2) is 11.3. The number of esters is 2. The predicted molar refractivity (Wildman–Crippen MR) is 108 cm³/mol. The first-order valence-corrected chi connectivity index (χ1v) is 9.20. The van der Waals surface area contributed by atoms with Gasteiger partial charge in [-0.05, 0) is 38.3 Å². The van der Waals surface area contributed by atoms with Crippen molar-refractivity contribution in [1.82, 2.24) is 5.32 Å². The van der Waals surface area contributed by atoms with Crippen LogP contribution in [0.5, 0.6) is 0 Å². The third kappa shape index (κ3) is 10.4. The van der Waals surface area contributed by atoms with E-state index in [4.69, 9.17) is 9.47 Å². The average Bonchev–Trinajstić information content (AvgIpc) is 2.57. The van der Waals surface area contributed by atoms with Crippen molar-refractivity contribution in [2.45, 2.75) is 46.3 Å². The normalized spacial score (nSPS) is 13.3. The number of nitrogens with one attached hydrogen (secondary N) is 1. The Bertz CT molecular complexity index is 642. The van der Waals surface area contributed by atoms with Crippen LogP contribution in [0.4, 0.5) is 0 Å². The summed E-state index contributed by atoms with van der Waals surface area (Å²) in [6, 6.07) is 9.35. The van der Waals surface area contributed by atoms with E-state index in [1.54, 1.807) is 12.2 Å². The molecular formula is C22H31NO4. The smallest absolute Gasteiger partial charge is 0.330 e. The van der Waals surface area contributed by atoms with Crippen LogP contribution in [0, 0.1) is 5.92 Å². The van der Waals surface area contributed by atoms with Crippen LogP contribution in [-0.4, -0.2) is 36.7 Å². The zero-order valence-electron chi connectivity index (χ0n) is 16.9. The van der Waals surface area contributed by atoms with Crippen LogP contribution in [-0.2, 0) is 19.1 Å². The molecule has 5 nitrogen and oxygen atoms in total. The summed E-state index contributed by atoms with van der Waals surface area (Å²) in [4.78, 5) is 23.9.